The second-order valence-corrected chi connectivity index (χ2v) is 5.26. The van der Waals surface area contributed by atoms with E-state index in [9.17, 15) is 4.79 Å². The molecule has 21 heavy (non-hydrogen) atoms. The monoisotopic (exact) mass is 282 g/mol. The maximum atomic E-state index is 11.0. The number of carbonyl (C=O) groups excluding carboxylic acids is 1. The second kappa shape index (κ2) is 7.04. The standard InChI is InChI=1S/C18H22N2O/c1-3-14-4-8-16(9-5-14)13(2)20-12-15-6-10-17(11-7-15)18(19)21/h4-11,13,20H,3,12H2,1-2H3,(H2,19,21). The first-order valence-electron chi connectivity index (χ1n) is 7.31. The van der Waals surface area contributed by atoms with Crippen LogP contribution in [0.4, 0.5) is 0 Å². The van der Waals surface area contributed by atoms with E-state index in [1.165, 1.54) is 11.1 Å². The summed E-state index contributed by atoms with van der Waals surface area (Å²) in [6.45, 7) is 5.07. The van der Waals surface area contributed by atoms with E-state index in [0.29, 0.717) is 5.56 Å². The minimum Gasteiger partial charge on any atom is -0.366 e. The van der Waals surface area contributed by atoms with E-state index in [4.69, 9.17) is 5.73 Å². The van der Waals surface area contributed by atoms with Crippen LogP contribution in [0.25, 0.3) is 0 Å². The average molecular weight is 282 g/mol. The summed E-state index contributed by atoms with van der Waals surface area (Å²) in [5.74, 6) is -0.390. The van der Waals surface area contributed by atoms with Gasteiger partial charge in [0.05, 0.1) is 0 Å². The number of nitrogens with two attached hydrogens (primary N) is 1. The molecule has 0 heterocycles. The van der Waals surface area contributed by atoms with Crippen molar-refractivity contribution in [1.29, 1.82) is 0 Å². The molecular weight excluding hydrogens is 260 g/mol. The molecular formula is C18H22N2O. The van der Waals surface area contributed by atoms with E-state index in [1.807, 2.05) is 12.1 Å². The molecule has 2 aromatic carbocycles. The molecule has 1 amide bonds. The van der Waals surface area contributed by atoms with Crippen molar-refractivity contribution in [1.82, 2.24) is 5.32 Å². The van der Waals surface area contributed by atoms with Crippen molar-refractivity contribution in [3.63, 3.8) is 0 Å². The largest absolute Gasteiger partial charge is 0.366 e. The van der Waals surface area contributed by atoms with Gasteiger partial charge in [-0.1, -0.05) is 43.3 Å². The Hall–Kier alpha value is -2.13. The molecule has 0 saturated heterocycles. The van der Waals surface area contributed by atoms with Gasteiger partial charge < -0.3 is 11.1 Å². The van der Waals surface area contributed by atoms with Gasteiger partial charge in [0.1, 0.15) is 0 Å². The van der Waals surface area contributed by atoms with E-state index < -0.39 is 0 Å². The van der Waals surface area contributed by atoms with Crippen LogP contribution in [0.15, 0.2) is 48.5 Å². The van der Waals surface area contributed by atoms with Crippen LogP contribution in [0.1, 0.15) is 46.9 Å². The summed E-state index contributed by atoms with van der Waals surface area (Å²) in [6, 6.07) is 16.4. The number of nitrogens with one attached hydrogen (secondary N) is 1. The Morgan fingerprint density at radius 1 is 1.05 bits per heavy atom. The molecule has 0 bridgehead atoms. The number of aryl methyl sites for hydroxylation is 1. The topological polar surface area (TPSA) is 55.1 Å². The third-order valence-electron chi connectivity index (χ3n) is 3.74. The molecule has 3 nitrogen and oxygen atoms in total. The Kier molecular flexibility index (Phi) is 5.12. The highest BCUT2D eigenvalue weighted by molar-refractivity contribution is 5.92. The highest BCUT2D eigenvalue weighted by Crippen LogP contribution is 2.14. The Morgan fingerprint density at radius 3 is 2.14 bits per heavy atom. The lowest BCUT2D eigenvalue weighted by Crippen LogP contribution is -2.18. The maximum Gasteiger partial charge on any atom is 0.248 e. The summed E-state index contributed by atoms with van der Waals surface area (Å²) in [7, 11) is 0. The van der Waals surface area contributed by atoms with Crippen molar-refractivity contribution >= 4 is 5.91 Å². The zero-order valence-electron chi connectivity index (χ0n) is 12.6. The third kappa shape index (κ3) is 4.17. The minimum atomic E-state index is -0.390. The van der Waals surface area contributed by atoms with Crippen LogP contribution in [0.3, 0.4) is 0 Å². The quantitative estimate of drug-likeness (QED) is 0.855. The molecule has 0 saturated carbocycles. The molecule has 2 aromatic rings. The first-order chi connectivity index (χ1) is 10.1. The summed E-state index contributed by atoms with van der Waals surface area (Å²) in [4.78, 5) is 11.0. The fraction of sp³-hybridized carbons (Fsp3) is 0.278. The van der Waals surface area contributed by atoms with E-state index in [2.05, 4.69) is 43.4 Å². The van der Waals surface area contributed by atoms with E-state index in [0.717, 1.165) is 18.5 Å². The van der Waals surface area contributed by atoms with Crippen molar-refractivity contribution in [3.05, 3.63) is 70.8 Å². The van der Waals surface area contributed by atoms with Gasteiger partial charge in [0.2, 0.25) is 5.91 Å². The van der Waals surface area contributed by atoms with E-state index in [1.54, 1.807) is 12.1 Å². The zero-order chi connectivity index (χ0) is 15.2. The molecule has 0 aliphatic rings. The Labute approximate surface area is 126 Å². The van der Waals surface area contributed by atoms with Gasteiger partial charge in [0.25, 0.3) is 0 Å². The van der Waals surface area contributed by atoms with E-state index in [-0.39, 0.29) is 11.9 Å². The van der Waals surface area contributed by atoms with Crippen LogP contribution >= 0.6 is 0 Å². The first-order valence-corrected chi connectivity index (χ1v) is 7.31. The molecule has 0 aliphatic heterocycles. The molecule has 2 rings (SSSR count). The lowest BCUT2D eigenvalue weighted by Gasteiger charge is -2.15. The summed E-state index contributed by atoms with van der Waals surface area (Å²) >= 11 is 0. The van der Waals surface area contributed by atoms with Crippen LogP contribution < -0.4 is 11.1 Å². The van der Waals surface area contributed by atoms with Crippen LogP contribution in [-0.4, -0.2) is 5.91 Å². The summed E-state index contributed by atoms with van der Waals surface area (Å²) in [5.41, 5.74) is 9.54. The molecule has 0 aliphatic carbocycles. The predicted octanol–water partition coefficient (Wildman–Crippen LogP) is 3.20. The predicted molar refractivity (Wildman–Crippen MR) is 86.0 cm³/mol. The number of amides is 1. The van der Waals surface area contributed by atoms with Crippen molar-refractivity contribution in [2.24, 2.45) is 5.73 Å². The maximum absolute atomic E-state index is 11.0. The molecule has 0 spiro atoms. The second-order valence-electron chi connectivity index (χ2n) is 5.26. The number of primary amides is 1. The number of hydrogen-bond donors (Lipinski definition) is 2. The fourth-order valence-corrected chi connectivity index (χ4v) is 2.22. The van der Waals surface area contributed by atoms with Crippen LogP contribution in [-0.2, 0) is 13.0 Å². The van der Waals surface area contributed by atoms with Crippen molar-refractivity contribution < 1.29 is 4.79 Å². The summed E-state index contributed by atoms with van der Waals surface area (Å²) in [6.07, 6.45) is 1.06. The molecule has 0 radical (unpaired) electrons. The summed E-state index contributed by atoms with van der Waals surface area (Å²) < 4.78 is 0. The average Bonchev–Trinajstić information content (AvgIpc) is 2.53. The lowest BCUT2D eigenvalue weighted by atomic mass is 10.0. The Bertz CT molecular complexity index is 588. The first kappa shape index (κ1) is 15.3. The van der Waals surface area contributed by atoms with Gasteiger partial charge in [-0.25, -0.2) is 0 Å². The zero-order valence-corrected chi connectivity index (χ0v) is 12.6. The molecule has 0 aromatic heterocycles. The van der Waals surface area contributed by atoms with Gasteiger partial charge in [0, 0.05) is 18.2 Å². The highest BCUT2D eigenvalue weighted by atomic mass is 16.1. The molecule has 1 unspecified atom stereocenters. The highest BCUT2D eigenvalue weighted by Gasteiger charge is 2.05. The van der Waals surface area contributed by atoms with Crippen LogP contribution in [0, 0.1) is 0 Å². The van der Waals surface area contributed by atoms with E-state index >= 15 is 0 Å². The van der Waals surface area contributed by atoms with Crippen molar-refractivity contribution in [2.45, 2.75) is 32.9 Å². The van der Waals surface area contributed by atoms with Gasteiger partial charge in [-0.15, -0.1) is 0 Å². The Morgan fingerprint density at radius 2 is 1.62 bits per heavy atom. The molecule has 110 valence electrons. The minimum absolute atomic E-state index is 0.284. The fourth-order valence-electron chi connectivity index (χ4n) is 2.22. The van der Waals surface area contributed by atoms with Crippen LogP contribution in [0.2, 0.25) is 0 Å². The molecule has 1 atom stereocenters. The van der Waals surface area contributed by atoms with Gasteiger partial charge in [-0.3, -0.25) is 4.79 Å². The van der Waals surface area contributed by atoms with Crippen molar-refractivity contribution in [2.75, 3.05) is 0 Å². The van der Waals surface area contributed by atoms with Gasteiger partial charge in [-0.2, -0.15) is 0 Å². The number of benzene rings is 2. The number of rotatable bonds is 6. The molecule has 3 heteroatoms. The van der Waals surface area contributed by atoms with Crippen molar-refractivity contribution in [3.8, 4) is 0 Å². The van der Waals surface area contributed by atoms with Gasteiger partial charge >= 0.3 is 0 Å². The SMILES string of the molecule is CCc1ccc(C(C)NCc2ccc(C(N)=O)cc2)cc1. The normalized spacial score (nSPS) is 12.1. The molecule has 3 N–H and O–H groups in total. The number of hydrogen-bond acceptors (Lipinski definition) is 2. The number of carbonyl (C=O) groups is 1. The summed E-state index contributed by atoms with van der Waals surface area (Å²) in [5, 5.41) is 3.49. The Balaban J connectivity index is 1.93. The lowest BCUT2D eigenvalue weighted by molar-refractivity contribution is 0.100. The van der Waals surface area contributed by atoms with Crippen LogP contribution in [0.5, 0.6) is 0 Å². The van der Waals surface area contributed by atoms with Gasteiger partial charge in [-0.05, 0) is 42.2 Å². The van der Waals surface area contributed by atoms with Gasteiger partial charge in [0.15, 0.2) is 0 Å². The third-order valence-corrected chi connectivity index (χ3v) is 3.74. The smallest absolute Gasteiger partial charge is 0.248 e. The molecule has 0 fully saturated rings.